The summed E-state index contributed by atoms with van der Waals surface area (Å²) < 4.78 is 16.8. The number of hydrogen-bond donors (Lipinski definition) is 6. The van der Waals surface area contributed by atoms with E-state index < -0.39 is 49.5 Å². The maximum Gasteiger partial charge on any atom is 0.305 e. The molecule has 11 nitrogen and oxygen atoms in total. The molecule has 1 rings (SSSR count). The topological polar surface area (TPSA) is 175 Å². The molecule has 0 aromatic carbocycles. The number of rotatable bonds is 79. The average molecular weight is 1400 g/mol. The molecule has 0 saturated carbocycles. The molecule has 99 heavy (non-hydrogen) atoms. The van der Waals surface area contributed by atoms with Crippen LogP contribution in [0.4, 0.5) is 0 Å². The lowest BCUT2D eigenvalue weighted by molar-refractivity contribution is -0.302. The number of unbranched alkanes of at least 4 members (excludes halogenated alkanes) is 61. The Hall–Kier alpha value is -2.12. The molecule has 11 heteroatoms. The maximum absolute atomic E-state index is 13.1. The van der Waals surface area contributed by atoms with Gasteiger partial charge in [-0.25, -0.2) is 0 Å². The van der Waals surface area contributed by atoms with Crippen molar-refractivity contribution in [3.05, 3.63) is 36.5 Å². The number of amides is 1. The van der Waals surface area contributed by atoms with E-state index in [1.807, 2.05) is 6.08 Å². The van der Waals surface area contributed by atoms with Gasteiger partial charge in [-0.2, -0.15) is 0 Å². The number of aliphatic hydroxyl groups excluding tert-OH is 5. The fourth-order valence-corrected chi connectivity index (χ4v) is 14.2. The third kappa shape index (κ3) is 65.2. The third-order valence-electron chi connectivity index (χ3n) is 21.0. The summed E-state index contributed by atoms with van der Waals surface area (Å²) in [5.74, 6) is -0.155. The Morgan fingerprint density at radius 1 is 0.374 bits per heavy atom. The van der Waals surface area contributed by atoms with Gasteiger partial charge in [0.05, 0.1) is 32.0 Å². The molecule has 584 valence electrons. The van der Waals surface area contributed by atoms with Crippen LogP contribution in [0.15, 0.2) is 36.5 Å². The summed E-state index contributed by atoms with van der Waals surface area (Å²) in [6, 6.07) is -0.808. The summed E-state index contributed by atoms with van der Waals surface area (Å²) in [6.45, 7) is 4.41. The molecular weight excluding hydrogens is 1230 g/mol. The SMILES string of the molecule is CCCCCCCCCCCCC/C=C/C(O)C(COC1OC(CO)C(O)C(O)C1O)NC(=O)CCCCCCCCCCCCCCCCCCC/C=C\C/C=C\CCCCCCCCCCCCCCCCCOC(=O)CCCCCCCCCCCCCCCCCCCCC. The monoisotopic (exact) mass is 1400 g/mol. The molecule has 7 atom stereocenters. The normalized spacial score (nSPS) is 17.3. The van der Waals surface area contributed by atoms with Crippen molar-refractivity contribution in [3.8, 4) is 0 Å². The van der Waals surface area contributed by atoms with E-state index in [-0.39, 0.29) is 18.5 Å². The molecule has 0 radical (unpaired) electrons. The molecular formula is C88H167NO10. The van der Waals surface area contributed by atoms with Crippen LogP contribution in [0.2, 0.25) is 0 Å². The zero-order valence-electron chi connectivity index (χ0n) is 65.5. The second kappa shape index (κ2) is 77.0. The van der Waals surface area contributed by atoms with Crippen LogP contribution >= 0.6 is 0 Å². The van der Waals surface area contributed by atoms with Gasteiger partial charge in [0.1, 0.15) is 24.4 Å². The fourth-order valence-electron chi connectivity index (χ4n) is 14.2. The Bertz CT molecular complexity index is 1740. The van der Waals surface area contributed by atoms with Gasteiger partial charge in [0.25, 0.3) is 0 Å². The molecule has 1 heterocycles. The Morgan fingerprint density at radius 3 is 1.02 bits per heavy atom. The van der Waals surface area contributed by atoms with E-state index in [9.17, 15) is 35.1 Å². The van der Waals surface area contributed by atoms with Crippen LogP contribution in [-0.2, 0) is 23.8 Å². The van der Waals surface area contributed by atoms with Crippen molar-refractivity contribution in [2.45, 2.75) is 493 Å². The zero-order valence-corrected chi connectivity index (χ0v) is 65.5. The van der Waals surface area contributed by atoms with Gasteiger partial charge >= 0.3 is 5.97 Å². The van der Waals surface area contributed by atoms with E-state index in [1.165, 1.54) is 366 Å². The molecule has 7 unspecified atom stereocenters. The van der Waals surface area contributed by atoms with Crippen molar-refractivity contribution < 1.29 is 49.3 Å². The van der Waals surface area contributed by atoms with E-state index in [0.29, 0.717) is 19.4 Å². The van der Waals surface area contributed by atoms with Gasteiger partial charge in [0.2, 0.25) is 5.91 Å². The standard InChI is InChI=1S/C88H167NO10/c1-3-5-7-9-11-13-15-17-18-19-41-45-48-52-56-60-64-68-72-76-84(93)97-77-73-69-65-61-57-53-49-46-43-40-38-36-34-32-30-28-26-24-22-20-21-23-25-27-29-31-33-35-37-39-42-44-47-51-55-59-63-67-71-75-83(92)89-80(79-98-88-87(96)86(95)85(94)82(78-90)99-88)81(91)74-70-66-62-58-54-50-16-14-12-10-8-6-4-2/h20-21,24,26,70,74,80-82,85-88,90-91,94-96H,3-19,22-23,25,27-69,71-73,75-79H2,1-2H3,(H,89,92)/b21-20-,26-24-,74-70+. The minimum atomic E-state index is -1.57. The Kier molecular flexibility index (Phi) is 73.8. The Balaban J connectivity index is 1.87. The maximum atomic E-state index is 13.1. The van der Waals surface area contributed by atoms with Gasteiger partial charge in [-0.05, 0) is 64.2 Å². The number of hydrogen-bond acceptors (Lipinski definition) is 10. The Morgan fingerprint density at radius 2 is 0.677 bits per heavy atom. The van der Waals surface area contributed by atoms with Crippen LogP contribution in [0.25, 0.3) is 0 Å². The van der Waals surface area contributed by atoms with Crippen molar-refractivity contribution >= 4 is 11.9 Å². The van der Waals surface area contributed by atoms with Crippen molar-refractivity contribution in [2.75, 3.05) is 19.8 Å². The summed E-state index contributed by atoms with van der Waals surface area (Å²) in [4.78, 5) is 25.2. The van der Waals surface area contributed by atoms with Crippen molar-refractivity contribution in [1.29, 1.82) is 0 Å². The molecule has 1 amide bonds. The lowest BCUT2D eigenvalue weighted by Gasteiger charge is -2.40. The first-order valence-corrected chi connectivity index (χ1v) is 43.8. The van der Waals surface area contributed by atoms with E-state index in [0.717, 1.165) is 57.8 Å². The number of esters is 1. The molecule has 1 aliphatic rings. The first kappa shape index (κ1) is 94.9. The first-order valence-electron chi connectivity index (χ1n) is 43.8. The predicted octanol–water partition coefficient (Wildman–Crippen LogP) is 24.4. The van der Waals surface area contributed by atoms with Crippen molar-refractivity contribution in [3.63, 3.8) is 0 Å². The summed E-state index contributed by atoms with van der Waals surface area (Å²) in [5, 5.41) is 54.6. The van der Waals surface area contributed by atoms with Crippen LogP contribution < -0.4 is 5.32 Å². The summed E-state index contributed by atoms with van der Waals surface area (Å²) in [6.07, 6.45) is 92.1. The van der Waals surface area contributed by atoms with Crippen molar-refractivity contribution in [1.82, 2.24) is 5.32 Å². The zero-order chi connectivity index (χ0) is 71.5. The molecule has 6 N–H and O–H groups in total. The minimum Gasteiger partial charge on any atom is -0.466 e. The summed E-state index contributed by atoms with van der Waals surface area (Å²) >= 11 is 0. The lowest BCUT2D eigenvalue weighted by Crippen LogP contribution is -2.60. The Labute approximate surface area is 613 Å². The first-order chi connectivity index (χ1) is 48.7. The highest BCUT2D eigenvalue weighted by molar-refractivity contribution is 5.76. The van der Waals surface area contributed by atoms with Crippen molar-refractivity contribution in [2.24, 2.45) is 0 Å². The smallest absolute Gasteiger partial charge is 0.305 e. The number of aliphatic hydroxyl groups is 5. The van der Waals surface area contributed by atoms with Crippen LogP contribution in [0.5, 0.6) is 0 Å². The number of carbonyl (C=O) groups is 2. The average Bonchev–Trinajstić information content (AvgIpc) is 0.834. The van der Waals surface area contributed by atoms with Crippen LogP contribution in [0.1, 0.15) is 450 Å². The largest absolute Gasteiger partial charge is 0.466 e. The van der Waals surface area contributed by atoms with Gasteiger partial charge in [0.15, 0.2) is 6.29 Å². The second-order valence-electron chi connectivity index (χ2n) is 30.6. The van der Waals surface area contributed by atoms with Crippen LogP contribution in [0.3, 0.4) is 0 Å². The lowest BCUT2D eigenvalue weighted by atomic mass is 9.99. The van der Waals surface area contributed by atoms with E-state index in [2.05, 4.69) is 43.5 Å². The van der Waals surface area contributed by atoms with E-state index >= 15 is 0 Å². The van der Waals surface area contributed by atoms with Crippen LogP contribution in [-0.4, -0.2) is 100 Å². The third-order valence-corrected chi connectivity index (χ3v) is 21.0. The van der Waals surface area contributed by atoms with E-state index in [1.54, 1.807) is 6.08 Å². The molecule has 0 aliphatic carbocycles. The molecule has 0 spiro atoms. The summed E-state index contributed by atoms with van der Waals surface area (Å²) in [7, 11) is 0. The number of nitrogens with one attached hydrogen (secondary N) is 1. The summed E-state index contributed by atoms with van der Waals surface area (Å²) in [5.41, 5.74) is 0. The molecule has 0 aromatic heterocycles. The second-order valence-corrected chi connectivity index (χ2v) is 30.6. The number of ether oxygens (including phenoxy) is 3. The van der Waals surface area contributed by atoms with E-state index in [4.69, 9.17) is 14.2 Å². The number of carbonyl (C=O) groups excluding carboxylic acids is 2. The highest BCUT2D eigenvalue weighted by atomic mass is 16.7. The highest BCUT2D eigenvalue weighted by Gasteiger charge is 2.44. The van der Waals surface area contributed by atoms with Gasteiger partial charge in [-0.15, -0.1) is 0 Å². The quantitative estimate of drug-likeness (QED) is 0.0195. The molecule has 0 bridgehead atoms. The van der Waals surface area contributed by atoms with Gasteiger partial charge in [0, 0.05) is 12.8 Å². The molecule has 1 saturated heterocycles. The van der Waals surface area contributed by atoms with Gasteiger partial charge in [-0.3, -0.25) is 9.59 Å². The van der Waals surface area contributed by atoms with Gasteiger partial charge < -0.3 is 45.1 Å². The molecule has 0 aromatic rings. The fraction of sp³-hybridized carbons (Fsp3) is 0.909. The molecule has 1 fully saturated rings. The minimum absolute atomic E-state index is 0.0204. The van der Waals surface area contributed by atoms with Gasteiger partial charge in [-0.1, -0.05) is 410 Å². The predicted molar refractivity (Wildman–Crippen MR) is 421 cm³/mol. The highest BCUT2D eigenvalue weighted by Crippen LogP contribution is 2.24. The molecule has 1 aliphatic heterocycles. The number of allylic oxidation sites excluding steroid dienone is 5. The van der Waals surface area contributed by atoms with Crippen LogP contribution in [0, 0.1) is 0 Å².